The van der Waals surface area contributed by atoms with Crippen molar-refractivity contribution in [3.05, 3.63) is 0 Å². The summed E-state index contributed by atoms with van der Waals surface area (Å²) < 4.78 is 4.68. The highest BCUT2D eigenvalue weighted by Gasteiger charge is 2.20. The van der Waals surface area contributed by atoms with Crippen LogP contribution in [0, 0.1) is 0 Å². The molecule has 0 spiro atoms. The van der Waals surface area contributed by atoms with Crippen molar-refractivity contribution >= 4 is 23.5 Å². The fourth-order valence-electron chi connectivity index (χ4n) is 1.03. The number of carbonyl (C=O) groups is 2. The molecular formula is C7H10ClNO3. The van der Waals surface area contributed by atoms with Crippen molar-refractivity contribution in [1.82, 2.24) is 4.90 Å². The van der Waals surface area contributed by atoms with Crippen LogP contribution >= 0.6 is 11.6 Å². The summed E-state index contributed by atoms with van der Waals surface area (Å²) in [4.78, 5) is 23.1. The average molecular weight is 192 g/mol. The van der Waals surface area contributed by atoms with Crippen molar-refractivity contribution in [2.24, 2.45) is 0 Å². The number of likely N-dealkylation sites (tertiary alicyclic amines) is 1. The molecule has 1 rings (SSSR count). The van der Waals surface area contributed by atoms with Gasteiger partial charge in [-0.1, -0.05) is 0 Å². The van der Waals surface area contributed by atoms with Gasteiger partial charge >= 0.3 is 5.97 Å². The topological polar surface area (TPSA) is 46.6 Å². The maximum atomic E-state index is 11.0. The van der Waals surface area contributed by atoms with E-state index in [1.165, 1.54) is 4.90 Å². The SMILES string of the molecule is O=C(CCl)OCN1CCCC1=O. The smallest absolute Gasteiger partial charge is 0.322 e. The number of nitrogens with zero attached hydrogens (tertiary/aromatic N) is 1. The zero-order valence-electron chi connectivity index (χ0n) is 6.59. The third kappa shape index (κ3) is 2.37. The Balaban J connectivity index is 2.22. The zero-order chi connectivity index (χ0) is 8.97. The van der Waals surface area contributed by atoms with Crippen molar-refractivity contribution in [3.8, 4) is 0 Å². The summed E-state index contributed by atoms with van der Waals surface area (Å²) in [6.45, 7) is 0.721. The first-order valence-electron chi connectivity index (χ1n) is 3.73. The Labute approximate surface area is 75.4 Å². The lowest BCUT2D eigenvalue weighted by atomic mass is 10.4. The van der Waals surface area contributed by atoms with Crippen LogP contribution in [0.15, 0.2) is 0 Å². The van der Waals surface area contributed by atoms with Crippen LogP contribution in [0.1, 0.15) is 12.8 Å². The van der Waals surface area contributed by atoms with E-state index >= 15 is 0 Å². The van der Waals surface area contributed by atoms with Crippen LogP contribution in [0.25, 0.3) is 0 Å². The summed E-state index contributed by atoms with van der Waals surface area (Å²) in [7, 11) is 0. The molecule has 12 heavy (non-hydrogen) atoms. The number of hydrogen-bond acceptors (Lipinski definition) is 3. The molecule has 5 heteroatoms. The zero-order valence-corrected chi connectivity index (χ0v) is 7.34. The van der Waals surface area contributed by atoms with Crippen molar-refractivity contribution < 1.29 is 14.3 Å². The Kier molecular flexibility index (Phi) is 3.34. The largest absolute Gasteiger partial charge is 0.443 e. The molecule has 68 valence electrons. The first-order valence-corrected chi connectivity index (χ1v) is 4.27. The maximum Gasteiger partial charge on any atom is 0.322 e. The lowest BCUT2D eigenvalue weighted by Gasteiger charge is -2.14. The van der Waals surface area contributed by atoms with Gasteiger partial charge in [0.25, 0.3) is 0 Å². The van der Waals surface area contributed by atoms with E-state index in [-0.39, 0.29) is 18.5 Å². The van der Waals surface area contributed by atoms with Crippen molar-refractivity contribution in [2.45, 2.75) is 12.8 Å². The average Bonchev–Trinajstić information content (AvgIpc) is 2.47. The third-order valence-corrected chi connectivity index (χ3v) is 1.88. The number of esters is 1. The molecule has 4 nitrogen and oxygen atoms in total. The minimum absolute atomic E-state index is 0.0392. The second-order valence-electron chi connectivity index (χ2n) is 2.54. The lowest BCUT2D eigenvalue weighted by Crippen LogP contribution is -2.29. The molecule has 0 aliphatic carbocycles. The summed E-state index contributed by atoms with van der Waals surface area (Å²) >= 11 is 5.20. The lowest BCUT2D eigenvalue weighted by molar-refractivity contribution is -0.148. The Bertz CT molecular complexity index is 195. The Morgan fingerprint density at radius 2 is 2.42 bits per heavy atom. The number of halogens is 1. The van der Waals surface area contributed by atoms with Gasteiger partial charge in [0.15, 0.2) is 6.73 Å². The molecule has 1 aliphatic heterocycles. The molecule has 0 bridgehead atoms. The molecule has 1 saturated heterocycles. The second kappa shape index (κ2) is 4.30. The summed E-state index contributed by atoms with van der Waals surface area (Å²) in [6.07, 6.45) is 1.40. The summed E-state index contributed by atoms with van der Waals surface area (Å²) in [6, 6.07) is 0. The van der Waals surface area contributed by atoms with E-state index in [1.54, 1.807) is 0 Å². The summed E-state index contributed by atoms with van der Waals surface area (Å²) in [5.74, 6) is -0.615. The number of carbonyl (C=O) groups excluding carboxylic acids is 2. The molecule has 0 radical (unpaired) electrons. The van der Waals surface area contributed by atoms with Crippen molar-refractivity contribution in [2.75, 3.05) is 19.2 Å². The predicted octanol–water partition coefficient (Wildman–Crippen LogP) is 0.348. The summed E-state index contributed by atoms with van der Waals surface area (Å²) in [5, 5.41) is 0. The third-order valence-electron chi connectivity index (χ3n) is 1.66. The molecule has 0 aromatic carbocycles. The first kappa shape index (κ1) is 9.32. The van der Waals surface area contributed by atoms with Crippen LogP contribution in [0.3, 0.4) is 0 Å². The van der Waals surface area contributed by atoms with Gasteiger partial charge in [0.2, 0.25) is 5.91 Å². The number of alkyl halides is 1. The summed E-state index contributed by atoms with van der Waals surface area (Å²) in [5.41, 5.74) is 0. The molecule has 0 atom stereocenters. The van der Waals surface area contributed by atoms with Gasteiger partial charge in [-0.3, -0.25) is 9.59 Å². The first-order chi connectivity index (χ1) is 5.74. The quantitative estimate of drug-likeness (QED) is 0.478. The van der Waals surface area contributed by atoms with Gasteiger partial charge in [0, 0.05) is 13.0 Å². The van der Waals surface area contributed by atoms with Crippen LogP contribution < -0.4 is 0 Å². The van der Waals surface area contributed by atoms with E-state index in [1.807, 2.05) is 0 Å². The van der Waals surface area contributed by atoms with Crippen LogP contribution in [0.5, 0.6) is 0 Å². The van der Waals surface area contributed by atoms with E-state index < -0.39 is 5.97 Å². The van der Waals surface area contributed by atoms with Gasteiger partial charge in [0.05, 0.1) is 0 Å². The van der Waals surface area contributed by atoms with Crippen LogP contribution in [-0.2, 0) is 14.3 Å². The van der Waals surface area contributed by atoms with Crippen LogP contribution in [-0.4, -0.2) is 35.9 Å². The maximum absolute atomic E-state index is 11.0. The van der Waals surface area contributed by atoms with Gasteiger partial charge in [0.1, 0.15) is 5.88 Å². The molecule has 0 unspecified atom stereocenters. The molecule has 1 aliphatic rings. The fraction of sp³-hybridized carbons (Fsp3) is 0.714. The number of amides is 1. The number of rotatable bonds is 3. The van der Waals surface area contributed by atoms with E-state index in [9.17, 15) is 9.59 Å². The number of ether oxygens (including phenoxy) is 1. The molecular weight excluding hydrogens is 182 g/mol. The standard InChI is InChI=1S/C7H10ClNO3/c8-4-7(11)12-5-9-3-1-2-6(9)10/h1-5H2. The molecule has 1 fully saturated rings. The fourth-order valence-corrected chi connectivity index (χ4v) is 1.11. The molecule has 0 saturated carbocycles. The highest BCUT2D eigenvalue weighted by atomic mass is 35.5. The Hall–Kier alpha value is -0.770. The van der Waals surface area contributed by atoms with Gasteiger partial charge in [-0.15, -0.1) is 11.6 Å². The van der Waals surface area contributed by atoms with E-state index in [0.29, 0.717) is 13.0 Å². The molecule has 0 aromatic rings. The van der Waals surface area contributed by atoms with Crippen LogP contribution in [0.4, 0.5) is 0 Å². The minimum atomic E-state index is -0.489. The van der Waals surface area contributed by atoms with E-state index in [0.717, 1.165) is 6.42 Å². The monoisotopic (exact) mass is 191 g/mol. The Morgan fingerprint density at radius 1 is 1.67 bits per heavy atom. The van der Waals surface area contributed by atoms with Crippen molar-refractivity contribution in [3.63, 3.8) is 0 Å². The molecule has 1 heterocycles. The van der Waals surface area contributed by atoms with Crippen LogP contribution in [0.2, 0.25) is 0 Å². The highest BCUT2D eigenvalue weighted by molar-refractivity contribution is 6.26. The van der Waals surface area contributed by atoms with E-state index in [4.69, 9.17) is 11.6 Å². The number of hydrogen-bond donors (Lipinski definition) is 0. The molecule has 0 N–H and O–H groups in total. The molecule has 0 aromatic heterocycles. The highest BCUT2D eigenvalue weighted by Crippen LogP contribution is 2.08. The van der Waals surface area contributed by atoms with Gasteiger partial charge in [-0.2, -0.15) is 0 Å². The minimum Gasteiger partial charge on any atom is -0.443 e. The van der Waals surface area contributed by atoms with Gasteiger partial charge in [-0.05, 0) is 6.42 Å². The molecule has 1 amide bonds. The van der Waals surface area contributed by atoms with E-state index in [2.05, 4.69) is 4.74 Å². The van der Waals surface area contributed by atoms with Gasteiger partial charge in [-0.25, -0.2) is 0 Å². The van der Waals surface area contributed by atoms with Crippen molar-refractivity contribution in [1.29, 1.82) is 0 Å². The van der Waals surface area contributed by atoms with Gasteiger partial charge < -0.3 is 9.64 Å². The predicted molar refractivity (Wildman–Crippen MR) is 42.6 cm³/mol. The second-order valence-corrected chi connectivity index (χ2v) is 2.81. The Morgan fingerprint density at radius 3 is 2.92 bits per heavy atom. The normalized spacial score (nSPS) is 16.8.